The van der Waals surface area contributed by atoms with Gasteiger partial charge in [-0.15, -0.1) is 0 Å². The molecule has 1 fully saturated rings. The second-order valence-electron chi connectivity index (χ2n) is 2.77. The van der Waals surface area contributed by atoms with Crippen molar-refractivity contribution in [1.82, 2.24) is 0 Å². The number of aliphatic hydroxyl groups is 1. The SMILES string of the molecule is CC(C)OC1CCOC1O. The Kier molecular flexibility index (Phi) is 2.65. The van der Waals surface area contributed by atoms with Crippen LogP contribution in [0, 0.1) is 0 Å². The predicted octanol–water partition coefficient (Wildman–Crippen LogP) is 0.519. The summed E-state index contributed by atoms with van der Waals surface area (Å²) in [5.74, 6) is 0. The van der Waals surface area contributed by atoms with Crippen LogP contribution >= 0.6 is 0 Å². The summed E-state index contributed by atoms with van der Waals surface area (Å²) in [5.41, 5.74) is 0. The summed E-state index contributed by atoms with van der Waals surface area (Å²) < 4.78 is 10.2. The minimum atomic E-state index is -0.706. The fourth-order valence-electron chi connectivity index (χ4n) is 1.04. The Morgan fingerprint density at radius 3 is 2.70 bits per heavy atom. The van der Waals surface area contributed by atoms with Crippen molar-refractivity contribution in [2.75, 3.05) is 6.61 Å². The summed E-state index contributed by atoms with van der Waals surface area (Å²) in [6.45, 7) is 4.51. The Morgan fingerprint density at radius 2 is 2.30 bits per heavy atom. The number of rotatable bonds is 2. The fraction of sp³-hybridized carbons (Fsp3) is 1.00. The highest BCUT2D eigenvalue weighted by Crippen LogP contribution is 2.15. The highest BCUT2D eigenvalue weighted by Gasteiger charge is 2.27. The molecule has 3 heteroatoms. The van der Waals surface area contributed by atoms with Crippen molar-refractivity contribution < 1.29 is 14.6 Å². The summed E-state index contributed by atoms with van der Waals surface area (Å²) in [5, 5.41) is 9.09. The molecule has 0 saturated carbocycles. The summed E-state index contributed by atoms with van der Waals surface area (Å²) in [6, 6.07) is 0. The lowest BCUT2D eigenvalue weighted by Crippen LogP contribution is -2.26. The third-order valence-electron chi connectivity index (χ3n) is 1.46. The summed E-state index contributed by atoms with van der Waals surface area (Å²) in [6.07, 6.45) is 0.156. The van der Waals surface area contributed by atoms with Gasteiger partial charge in [-0.3, -0.25) is 0 Å². The average molecular weight is 146 g/mol. The van der Waals surface area contributed by atoms with Crippen molar-refractivity contribution in [3.63, 3.8) is 0 Å². The Hall–Kier alpha value is -0.120. The summed E-state index contributed by atoms with van der Waals surface area (Å²) in [7, 11) is 0. The van der Waals surface area contributed by atoms with Gasteiger partial charge in [0.2, 0.25) is 0 Å². The molecule has 1 aliphatic rings. The summed E-state index contributed by atoms with van der Waals surface area (Å²) in [4.78, 5) is 0. The smallest absolute Gasteiger partial charge is 0.181 e. The van der Waals surface area contributed by atoms with Gasteiger partial charge in [-0.2, -0.15) is 0 Å². The quantitative estimate of drug-likeness (QED) is 0.617. The Bertz CT molecular complexity index is 103. The Balaban J connectivity index is 2.26. The molecule has 0 aromatic carbocycles. The van der Waals surface area contributed by atoms with Crippen LogP contribution in [0.3, 0.4) is 0 Å². The van der Waals surface area contributed by atoms with Crippen LogP contribution in [-0.2, 0) is 9.47 Å². The van der Waals surface area contributed by atoms with Gasteiger partial charge in [0, 0.05) is 6.42 Å². The maximum Gasteiger partial charge on any atom is 0.181 e. The zero-order chi connectivity index (χ0) is 7.56. The second-order valence-corrected chi connectivity index (χ2v) is 2.77. The van der Waals surface area contributed by atoms with Crippen LogP contribution in [0.4, 0.5) is 0 Å². The molecular formula is C7H14O3. The van der Waals surface area contributed by atoms with Crippen molar-refractivity contribution in [3.8, 4) is 0 Å². The molecule has 3 nitrogen and oxygen atoms in total. The zero-order valence-electron chi connectivity index (χ0n) is 6.41. The number of aliphatic hydroxyl groups excluding tert-OH is 1. The number of ether oxygens (including phenoxy) is 2. The van der Waals surface area contributed by atoms with E-state index in [9.17, 15) is 0 Å². The second kappa shape index (κ2) is 3.32. The van der Waals surface area contributed by atoms with Crippen LogP contribution in [0.1, 0.15) is 20.3 Å². The minimum absolute atomic E-state index is 0.111. The molecule has 1 saturated heterocycles. The van der Waals surface area contributed by atoms with E-state index < -0.39 is 6.29 Å². The van der Waals surface area contributed by atoms with Gasteiger partial charge < -0.3 is 14.6 Å². The zero-order valence-corrected chi connectivity index (χ0v) is 6.41. The maximum atomic E-state index is 9.09. The van der Waals surface area contributed by atoms with Crippen molar-refractivity contribution in [3.05, 3.63) is 0 Å². The first kappa shape index (κ1) is 7.98. The van der Waals surface area contributed by atoms with Crippen LogP contribution in [0.15, 0.2) is 0 Å². The van der Waals surface area contributed by atoms with Crippen molar-refractivity contribution in [1.29, 1.82) is 0 Å². The molecule has 0 radical (unpaired) electrons. The standard InChI is InChI=1S/C7H14O3/c1-5(2)10-6-3-4-9-7(6)8/h5-8H,3-4H2,1-2H3. The van der Waals surface area contributed by atoms with Gasteiger partial charge in [0.05, 0.1) is 12.7 Å². The van der Waals surface area contributed by atoms with E-state index in [2.05, 4.69) is 0 Å². The molecule has 1 heterocycles. The highest BCUT2D eigenvalue weighted by molar-refractivity contribution is 4.68. The lowest BCUT2D eigenvalue weighted by Gasteiger charge is -2.16. The van der Waals surface area contributed by atoms with E-state index in [1.807, 2.05) is 13.8 Å². The molecule has 0 aliphatic carbocycles. The van der Waals surface area contributed by atoms with Gasteiger partial charge >= 0.3 is 0 Å². The van der Waals surface area contributed by atoms with Crippen LogP contribution in [-0.4, -0.2) is 30.2 Å². The number of hydrogen-bond acceptors (Lipinski definition) is 3. The van der Waals surface area contributed by atoms with Gasteiger partial charge in [-0.1, -0.05) is 0 Å². The molecule has 0 amide bonds. The first-order valence-electron chi connectivity index (χ1n) is 3.65. The molecule has 60 valence electrons. The fourth-order valence-corrected chi connectivity index (χ4v) is 1.04. The molecule has 1 rings (SSSR count). The molecule has 0 spiro atoms. The molecule has 2 unspecified atom stereocenters. The largest absolute Gasteiger partial charge is 0.370 e. The lowest BCUT2D eigenvalue weighted by molar-refractivity contribution is -0.138. The molecule has 0 aromatic heterocycles. The van der Waals surface area contributed by atoms with Gasteiger partial charge in [-0.05, 0) is 13.8 Å². The summed E-state index contributed by atoms with van der Waals surface area (Å²) >= 11 is 0. The average Bonchev–Trinajstić information content (AvgIpc) is 2.15. The van der Waals surface area contributed by atoms with E-state index >= 15 is 0 Å². The van der Waals surface area contributed by atoms with E-state index in [-0.39, 0.29) is 12.2 Å². The van der Waals surface area contributed by atoms with Crippen molar-refractivity contribution in [2.45, 2.75) is 38.8 Å². The lowest BCUT2D eigenvalue weighted by atomic mass is 10.3. The number of hydrogen-bond donors (Lipinski definition) is 1. The third-order valence-corrected chi connectivity index (χ3v) is 1.46. The monoisotopic (exact) mass is 146 g/mol. The molecule has 1 N–H and O–H groups in total. The first-order valence-corrected chi connectivity index (χ1v) is 3.65. The van der Waals surface area contributed by atoms with E-state index in [4.69, 9.17) is 14.6 Å². The molecule has 0 aromatic rings. The molecular weight excluding hydrogens is 132 g/mol. The Morgan fingerprint density at radius 1 is 1.60 bits per heavy atom. The minimum Gasteiger partial charge on any atom is -0.370 e. The van der Waals surface area contributed by atoms with Gasteiger partial charge in [0.15, 0.2) is 6.29 Å². The van der Waals surface area contributed by atoms with Gasteiger partial charge in [0.1, 0.15) is 6.10 Å². The first-order chi connectivity index (χ1) is 4.70. The van der Waals surface area contributed by atoms with E-state index in [1.165, 1.54) is 0 Å². The van der Waals surface area contributed by atoms with Gasteiger partial charge in [0.25, 0.3) is 0 Å². The normalized spacial score (nSPS) is 33.6. The van der Waals surface area contributed by atoms with Crippen LogP contribution in [0.5, 0.6) is 0 Å². The van der Waals surface area contributed by atoms with Crippen LogP contribution in [0.25, 0.3) is 0 Å². The molecule has 1 aliphatic heterocycles. The molecule has 0 bridgehead atoms. The predicted molar refractivity (Wildman–Crippen MR) is 36.6 cm³/mol. The molecule has 2 atom stereocenters. The van der Waals surface area contributed by atoms with Gasteiger partial charge in [-0.25, -0.2) is 0 Å². The maximum absolute atomic E-state index is 9.09. The van der Waals surface area contributed by atoms with E-state index in [0.717, 1.165) is 6.42 Å². The third kappa shape index (κ3) is 1.94. The van der Waals surface area contributed by atoms with Crippen molar-refractivity contribution >= 4 is 0 Å². The van der Waals surface area contributed by atoms with Crippen LogP contribution in [0.2, 0.25) is 0 Å². The Labute approximate surface area is 60.9 Å². The van der Waals surface area contributed by atoms with E-state index in [1.54, 1.807) is 0 Å². The van der Waals surface area contributed by atoms with Crippen molar-refractivity contribution in [2.24, 2.45) is 0 Å². The molecule has 10 heavy (non-hydrogen) atoms. The van der Waals surface area contributed by atoms with Crippen LogP contribution < -0.4 is 0 Å². The topological polar surface area (TPSA) is 38.7 Å². The van der Waals surface area contributed by atoms with E-state index in [0.29, 0.717) is 6.61 Å². The highest BCUT2D eigenvalue weighted by atomic mass is 16.6.